The number of nitrogens with zero attached hydrogens (tertiary/aromatic N) is 5. The van der Waals surface area contributed by atoms with Crippen molar-refractivity contribution in [3.8, 4) is 22.0 Å². The van der Waals surface area contributed by atoms with Crippen LogP contribution in [-0.4, -0.2) is 48.6 Å². The minimum absolute atomic E-state index is 0.00620. The third-order valence-corrected chi connectivity index (χ3v) is 6.78. The van der Waals surface area contributed by atoms with Gasteiger partial charge in [0.05, 0.1) is 34.8 Å². The Bertz CT molecular complexity index is 1390. The van der Waals surface area contributed by atoms with Crippen LogP contribution in [0.15, 0.2) is 36.0 Å². The van der Waals surface area contributed by atoms with Crippen LogP contribution < -0.4 is 5.32 Å². The molecule has 0 aliphatic heterocycles. The number of H-pyrrole nitrogens is 1. The monoisotopic (exact) mass is 517 g/mol. The summed E-state index contributed by atoms with van der Waals surface area (Å²) in [6, 6.07) is 3.60. The van der Waals surface area contributed by atoms with Crippen molar-refractivity contribution in [2.45, 2.75) is 45.0 Å². The summed E-state index contributed by atoms with van der Waals surface area (Å²) in [5.74, 6) is -0.507. The van der Waals surface area contributed by atoms with Crippen molar-refractivity contribution >= 4 is 22.9 Å². The molecule has 188 valence electrons. The van der Waals surface area contributed by atoms with Crippen molar-refractivity contribution in [3.05, 3.63) is 53.1 Å². The van der Waals surface area contributed by atoms with Crippen LogP contribution in [0.5, 0.6) is 0 Å². The van der Waals surface area contributed by atoms with E-state index in [0.717, 1.165) is 30.2 Å². The Hall–Kier alpha value is -3.58. The first-order chi connectivity index (χ1) is 17.2. The highest BCUT2D eigenvalue weighted by Crippen LogP contribution is 2.38. The summed E-state index contributed by atoms with van der Waals surface area (Å²) < 4.78 is 47.1. The lowest BCUT2D eigenvalue weighted by Gasteiger charge is -2.34. The third kappa shape index (κ3) is 4.75. The number of amides is 1. The number of aryl methyl sites for hydroxylation is 1. The standard InChI is InChI=1S/C23H22F3N7O2S/c1-3-35-14-7-13(8-14)33-10-17(20(32-33)16-5-4-6-19(28-16)23(24,25)26)29-21(34)18-11-36-22(30-18)15-9-27-31-12(15)2/h4-6,9-11,13-14H,3,7-8H2,1-2H3,(H,27,31)(H,29,34)/t13-,14-. The molecular formula is C23H22F3N7O2S. The maximum atomic E-state index is 13.3. The largest absolute Gasteiger partial charge is 0.433 e. The summed E-state index contributed by atoms with van der Waals surface area (Å²) in [6.45, 7) is 4.35. The second-order valence-corrected chi connectivity index (χ2v) is 9.21. The fraction of sp³-hybridized carbons (Fsp3) is 0.348. The summed E-state index contributed by atoms with van der Waals surface area (Å²) in [5, 5.41) is 16.3. The van der Waals surface area contributed by atoms with Crippen LogP contribution in [0.25, 0.3) is 22.0 Å². The van der Waals surface area contributed by atoms with E-state index in [1.165, 1.54) is 23.5 Å². The minimum atomic E-state index is -4.61. The number of rotatable bonds is 7. The molecule has 0 unspecified atom stereocenters. The van der Waals surface area contributed by atoms with Gasteiger partial charge in [0.15, 0.2) is 0 Å². The number of ether oxygens (including phenoxy) is 1. The molecule has 1 amide bonds. The first-order valence-corrected chi connectivity index (χ1v) is 12.1. The van der Waals surface area contributed by atoms with Gasteiger partial charge < -0.3 is 10.1 Å². The lowest BCUT2D eigenvalue weighted by atomic mass is 9.89. The Morgan fingerprint density at radius 1 is 1.31 bits per heavy atom. The molecular weight excluding hydrogens is 495 g/mol. The van der Waals surface area contributed by atoms with Crippen LogP contribution in [0.1, 0.15) is 47.7 Å². The number of nitrogens with one attached hydrogen (secondary N) is 2. The molecule has 1 fully saturated rings. The zero-order chi connectivity index (χ0) is 25.4. The molecule has 4 aromatic rings. The highest BCUT2D eigenvalue weighted by atomic mass is 32.1. The number of pyridine rings is 1. The molecule has 9 nitrogen and oxygen atoms in total. The predicted octanol–water partition coefficient (Wildman–Crippen LogP) is 5.11. The van der Waals surface area contributed by atoms with Gasteiger partial charge in [0.2, 0.25) is 0 Å². The van der Waals surface area contributed by atoms with Crippen LogP contribution >= 0.6 is 11.3 Å². The van der Waals surface area contributed by atoms with Gasteiger partial charge in [-0.1, -0.05) is 6.07 Å². The van der Waals surface area contributed by atoms with E-state index in [0.29, 0.717) is 11.6 Å². The van der Waals surface area contributed by atoms with Crippen LogP contribution in [0.4, 0.5) is 18.9 Å². The van der Waals surface area contributed by atoms with E-state index in [2.05, 4.69) is 30.6 Å². The number of hydrogen-bond acceptors (Lipinski definition) is 7. The number of carbonyl (C=O) groups excluding carboxylic acids is 1. The molecule has 36 heavy (non-hydrogen) atoms. The molecule has 1 aliphatic carbocycles. The third-order valence-electron chi connectivity index (χ3n) is 5.91. The molecule has 0 saturated heterocycles. The van der Waals surface area contributed by atoms with Crippen LogP contribution in [-0.2, 0) is 10.9 Å². The number of carbonyl (C=O) groups is 1. The summed E-state index contributed by atoms with van der Waals surface area (Å²) >= 11 is 1.29. The van der Waals surface area contributed by atoms with Crippen molar-refractivity contribution in [3.63, 3.8) is 0 Å². The number of hydrogen-bond donors (Lipinski definition) is 2. The predicted molar refractivity (Wildman–Crippen MR) is 127 cm³/mol. The number of anilines is 1. The molecule has 13 heteroatoms. The lowest BCUT2D eigenvalue weighted by Crippen LogP contribution is -2.33. The highest BCUT2D eigenvalue weighted by molar-refractivity contribution is 7.13. The normalized spacial score (nSPS) is 17.7. The second kappa shape index (κ2) is 9.47. The van der Waals surface area contributed by atoms with Crippen LogP contribution in [0.2, 0.25) is 0 Å². The Balaban J connectivity index is 1.44. The van der Waals surface area contributed by atoms with E-state index in [4.69, 9.17) is 4.74 Å². The SMILES string of the molecule is CCO[C@H]1C[C@H](n2cc(NC(=O)c3csc(-c4c[nH]nc4C)n3)c(-c3cccc(C(F)(F)F)n3)n2)C1. The number of aromatic nitrogens is 6. The average Bonchev–Trinajstić information content (AvgIpc) is 3.55. The van der Waals surface area contributed by atoms with E-state index >= 15 is 0 Å². The maximum absolute atomic E-state index is 13.3. The summed E-state index contributed by atoms with van der Waals surface area (Å²) in [4.78, 5) is 21.2. The van der Waals surface area contributed by atoms with Gasteiger partial charge in [-0.15, -0.1) is 11.3 Å². The van der Waals surface area contributed by atoms with Gasteiger partial charge in [-0.3, -0.25) is 14.6 Å². The van der Waals surface area contributed by atoms with Crippen molar-refractivity contribution in [2.75, 3.05) is 11.9 Å². The topological polar surface area (TPSA) is 111 Å². The maximum Gasteiger partial charge on any atom is 0.433 e. The molecule has 4 aromatic heterocycles. The van der Waals surface area contributed by atoms with E-state index in [1.807, 2.05) is 13.8 Å². The zero-order valence-corrected chi connectivity index (χ0v) is 20.2. The van der Waals surface area contributed by atoms with Crippen molar-refractivity contribution < 1.29 is 22.7 Å². The summed E-state index contributed by atoms with van der Waals surface area (Å²) in [6.07, 6.45) is 0.261. The molecule has 1 aliphatic rings. The molecule has 0 atom stereocenters. The van der Waals surface area contributed by atoms with Gasteiger partial charge >= 0.3 is 6.18 Å². The number of aromatic amines is 1. The molecule has 0 bridgehead atoms. The Labute approximate surface area is 207 Å². The molecule has 1 saturated carbocycles. The minimum Gasteiger partial charge on any atom is -0.378 e. The molecule has 0 spiro atoms. The fourth-order valence-electron chi connectivity index (χ4n) is 3.97. The first-order valence-electron chi connectivity index (χ1n) is 11.3. The van der Waals surface area contributed by atoms with Gasteiger partial charge in [0.1, 0.15) is 22.1 Å². The first kappa shape index (κ1) is 24.1. The number of thiazole rings is 1. The van der Waals surface area contributed by atoms with Crippen LogP contribution in [0, 0.1) is 6.92 Å². The molecule has 0 radical (unpaired) electrons. The van der Waals surface area contributed by atoms with Crippen molar-refractivity contribution in [2.24, 2.45) is 0 Å². The summed E-state index contributed by atoms with van der Waals surface area (Å²) in [7, 11) is 0. The zero-order valence-electron chi connectivity index (χ0n) is 19.3. The smallest absolute Gasteiger partial charge is 0.378 e. The van der Waals surface area contributed by atoms with E-state index < -0.39 is 17.8 Å². The molecule has 5 rings (SSSR count). The number of halogens is 3. The van der Waals surface area contributed by atoms with Crippen molar-refractivity contribution in [1.82, 2.24) is 29.9 Å². The molecule has 4 heterocycles. The Kier molecular flexibility index (Phi) is 6.35. The van der Waals surface area contributed by atoms with Gasteiger partial charge in [-0.25, -0.2) is 9.97 Å². The Morgan fingerprint density at radius 2 is 2.11 bits per heavy atom. The second-order valence-electron chi connectivity index (χ2n) is 8.36. The average molecular weight is 518 g/mol. The molecule has 2 N–H and O–H groups in total. The fourth-order valence-corrected chi connectivity index (χ4v) is 4.84. The van der Waals surface area contributed by atoms with Gasteiger partial charge in [0, 0.05) is 24.4 Å². The van der Waals surface area contributed by atoms with Gasteiger partial charge in [-0.2, -0.15) is 23.4 Å². The lowest BCUT2D eigenvalue weighted by molar-refractivity contribution is -0.141. The quantitative estimate of drug-likeness (QED) is 0.352. The van der Waals surface area contributed by atoms with E-state index in [-0.39, 0.29) is 34.9 Å². The summed E-state index contributed by atoms with van der Waals surface area (Å²) in [5.41, 5.74) is 1.08. The van der Waals surface area contributed by atoms with E-state index in [9.17, 15) is 18.0 Å². The molecule has 0 aromatic carbocycles. The Morgan fingerprint density at radius 3 is 2.81 bits per heavy atom. The highest BCUT2D eigenvalue weighted by Gasteiger charge is 2.35. The number of alkyl halides is 3. The van der Waals surface area contributed by atoms with Gasteiger partial charge in [-0.05, 0) is 38.8 Å². The van der Waals surface area contributed by atoms with Gasteiger partial charge in [0.25, 0.3) is 5.91 Å². The van der Waals surface area contributed by atoms with E-state index in [1.54, 1.807) is 22.5 Å². The van der Waals surface area contributed by atoms with Crippen molar-refractivity contribution in [1.29, 1.82) is 0 Å². The van der Waals surface area contributed by atoms with Crippen LogP contribution in [0.3, 0.4) is 0 Å².